The molecular formula is C23H16N4O5S. The van der Waals surface area contributed by atoms with Crippen LogP contribution in [-0.2, 0) is 0 Å². The van der Waals surface area contributed by atoms with Crippen LogP contribution in [0, 0.1) is 0 Å². The van der Waals surface area contributed by atoms with Crippen LogP contribution in [0.25, 0.3) is 16.6 Å². The number of amides is 1. The first-order valence-electron chi connectivity index (χ1n) is 9.64. The van der Waals surface area contributed by atoms with E-state index in [1.54, 1.807) is 36.4 Å². The van der Waals surface area contributed by atoms with E-state index < -0.39 is 23.1 Å². The van der Waals surface area contributed by atoms with E-state index in [0.29, 0.717) is 22.3 Å². The first-order valence-corrected chi connectivity index (χ1v) is 10.0. The third-order valence-electron chi connectivity index (χ3n) is 4.79. The van der Waals surface area contributed by atoms with E-state index in [1.165, 1.54) is 36.4 Å². The van der Waals surface area contributed by atoms with E-state index in [-0.39, 0.29) is 16.2 Å². The van der Waals surface area contributed by atoms with E-state index in [2.05, 4.69) is 15.6 Å². The molecular weight excluding hydrogens is 444 g/mol. The highest BCUT2D eigenvalue weighted by Gasteiger charge is 2.12. The van der Waals surface area contributed by atoms with Crippen molar-refractivity contribution in [2.45, 2.75) is 0 Å². The predicted octanol–water partition coefficient (Wildman–Crippen LogP) is 2.50. The Morgan fingerprint density at radius 3 is 2.36 bits per heavy atom. The highest BCUT2D eigenvalue weighted by molar-refractivity contribution is 7.80. The van der Waals surface area contributed by atoms with Gasteiger partial charge in [0.25, 0.3) is 11.5 Å². The van der Waals surface area contributed by atoms with Gasteiger partial charge in [0.2, 0.25) is 0 Å². The molecule has 0 bridgehead atoms. The number of rotatable bonds is 4. The molecule has 164 valence electrons. The van der Waals surface area contributed by atoms with Gasteiger partial charge in [-0.25, -0.2) is 14.2 Å². The van der Waals surface area contributed by atoms with Crippen molar-refractivity contribution in [3.05, 3.63) is 105 Å². The van der Waals surface area contributed by atoms with E-state index >= 15 is 0 Å². The van der Waals surface area contributed by atoms with Gasteiger partial charge < -0.3 is 15.4 Å². The number of H-pyrrole nitrogens is 1. The molecule has 0 unspecified atom stereocenters. The Kier molecular flexibility index (Phi) is 5.83. The zero-order valence-corrected chi connectivity index (χ0v) is 17.7. The first kappa shape index (κ1) is 21.7. The maximum Gasteiger partial charge on any atom is 0.335 e. The maximum atomic E-state index is 12.8. The van der Waals surface area contributed by atoms with Gasteiger partial charge in [0, 0.05) is 11.3 Å². The summed E-state index contributed by atoms with van der Waals surface area (Å²) in [5.74, 6) is -1.61. The summed E-state index contributed by atoms with van der Waals surface area (Å²) in [6.07, 6.45) is 0. The van der Waals surface area contributed by atoms with Crippen LogP contribution in [0.2, 0.25) is 0 Å². The van der Waals surface area contributed by atoms with Crippen LogP contribution < -0.4 is 21.9 Å². The van der Waals surface area contributed by atoms with Gasteiger partial charge in [-0.15, -0.1) is 0 Å². The summed E-state index contributed by atoms with van der Waals surface area (Å²) in [5, 5.41) is 14.6. The van der Waals surface area contributed by atoms with Crippen molar-refractivity contribution in [1.82, 2.24) is 14.9 Å². The second-order valence-corrected chi connectivity index (χ2v) is 7.37. The van der Waals surface area contributed by atoms with Crippen molar-refractivity contribution in [1.29, 1.82) is 0 Å². The average Bonchev–Trinajstić information content (AvgIpc) is 2.79. The van der Waals surface area contributed by atoms with Gasteiger partial charge in [-0.1, -0.05) is 18.2 Å². The van der Waals surface area contributed by atoms with Gasteiger partial charge in [-0.3, -0.25) is 14.9 Å². The molecule has 0 radical (unpaired) electrons. The molecule has 10 heteroatoms. The minimum absolute atomic E-state index is 0.0196. The van der Waals surface area contributed by atoms with Crippen LogP contribution in [0.15, 0.2) is 82.4 Å². The molecule has 1 amide bonds. The second-order valence-electron chi connectivity index (χ2n) is 6.96. The molecule has 0 atom stereocenters. The van der Waals surface area contributed by atoms with E-state index in [0.717, 1.165) is 4.57 Å². The number of thiocarbonyl (C=S) groups is 1. The number of nitrogens with zero attached hydrogens (tertiary/aromatic N) is 1. The number of carboxylic acid groups (broad SMARTS) is 1. The van der Waals surface area contributed by atoms with Crippen molar-refractivity contribution in [2.24, 2.45) is 0 Å². The molecule has 0 aliphatic rings. The summed E-state index contributed by atoms with van der Waals surface area (Å²) in [7, 11) is 0. The van der Waals surface area contributed by atoms with Crippen LogP contribution >= 0.6 is 12.2 Å². The monoisotopic (exact) mass is 460 g/mol. The third-order valence-corrected chi connectivity index (χ3v) is 4.99. The number of anilines is 1. The third kappa shape index (κ3) is 4.55. The molecule has 0 saturated carbocycles. The Morgan fingerprint density at radius 2 is 1.64 bits per heavy atom. The number of carboxylic acids is 1. The van der Waals surface area contributed by atoms with Gasteiger partial charge in [-0.2, -0.15) is 0 Å². The maximum absolute atomic E-state index is 12.8. The highest BCUT2D eigenvalue weighted by Crippen LogP contribution is 2.12. The Morgan fingerprint density at radius 1 is 0.909 bits per heavy atom. The van der Waals surface area contributed by atoms with Crippen LogP contribution in [0.5, 0.6) is 0 Å². The molecule has 3 aromatic carbocycles. The Hall–Kier alpha value is -4.57. The number of aromatic nitrogens is 2. The molecule has 0 aliphatic heterocycles. The lowest BCUT2D eigenvalue weighted by Gasteiger charge is -2.11. The molecule has 1 heterocycles. The SMILES string of the molecule is O=C(O)c1cccc(NC(=S)NC(=O)c2ccc(-n3c(=O)[nH]c4ccccc4c3=O)cc2)c1. The van der Waals surface area contributed by atoms with E-state index in [9.17, 15) is 19.2 Å². The van der Waals surface area contributed by atoms with Gasteiger partial charge in [0.1, 0.15) is 0 Å². The van der Waals surface area contributed by atoms with Crippen molar-refractivity contribution < 1.29 is 14.7 Å². The van der Waals surface area contributed by atoms with Crippen molar-refractivity contribution in [2.75, 3.05) is 5.32 Å². The van der Waals surface area contributed by atoms with Gasteiger partial charge in [0.05, 0.1) is 22.2 Å². The lowest BCUT2D eigenvalue weighted by atomic mass is 10.2. The summed E-state index contributed by atoms with van der Waals surface area (Å²) >= 11 is 5.12. The highest BCUT2D eigenvalue weighted by atomic mass is 32.1. The quantitative estimate of drug-likeness (QED) is 0.344. The molecule has 0 spiro atoms. The van der Waals surface area contributed by atoms with Gasteiger partial charge in [-0.05, 0) is 66.8 Å². The summed E-state index contributed by atoms with van der Waals surface area (Å²) in [4.78, 5) is 51.4. The number of nitrogens with one attached hydrogen (secondary N) is 3. The fraction of sp³-hybridized carbons (Fsp3) is 0. The van der Waals surface area contributed by atoms with E-state index in [4.69, 9.17) is 17.3 Å². The number of fused-ring (bicyclic) bond motifs is 1. The fourth-order valence-corrected chi connectivity index (χ4v) is 3.44. The van der Waals surface area contributed by atoms with Gasteiger partial charge in [0.15, 0.2) is 5.11 Å². The number of carbonyl (C=O) groups is 2. The Balaban J connectivity index is 1.51. The van der Waals surface area contributed by atoms with Crippen LogP contribution in [-0.4, -0.2) is 31.6 Å². The number of carbonyl (C=O) groups excluding carboxylic acids is 1. The molecule has 4 N–H and O–H groups in total. The smallest absolute Gasteiger partial charge is 0.335 e. The molecule has 1 aromatic heterocycles. The number of aromatic carboxylic acids is 1. The number of benzene rings is 3. The minimum Gasteiger partial charge on any atom is -0.478 e. The molecule has 4 rings (SSSR count). The zero-order valence-electron chi connectivity index (χ0n) is 16.9. The lowest BCUT2D eigenvalue weighted by molar-refractivity contribution is 0.0696. The Labute approximate surface area is 191 Å². The van der Waals surface area contributed by atoms with Crippen molar-refractivity contribution in [3.8, 4) is 5.69 Å². The van der Waals surface area contributed by atoms with Crippen molar-refractivity contribution >= 4 is 45.8 Å². The second kappa shape index (κ2) is 8.89. The zero-order chi connectivity index (χ0) is 23.5. The number of aromatic amines is 1. The predicted molar refractivity (Wildman–Crippen MR) is 127 cm³/mol. The average molecular weight is 460 g/mol. The first-order chi connectivity index (χ1) is 15.8. The standard InChI is InChI=1S/C23H16N4O5S/c28-19(26-22(33)24-15-5-3-4-14(12-15)21(30)31)13-8-10-16(11-9-13)27-20(29)17-6-1-2-7-18(17)25-23(27)32/h1-12H,(H,25,32)(H,30,31)(H2,24,26,28,33). The summed E-state index contributed by atoms with van der Waals surface area (Å²) in [5.41, 5.74) is 0.399. The van der Waals surface area contributed by atoms with Crippen LogP contribution in [0.1, 0.15) is 20.7 Å². The summed E-state index contributed by atoms with van der Waals surface area (Å²) in [6, 6.07) is 18.5. The fourth-order valence-electron chi connectivity index (χ4n) is 3.23. The van der Waals surface area contributed by atoms with Crippen LogP contribution in [0.4, 0.5) is 5.69 Å². The molecule has 4 aromatic rings. The molecule has 0 aliphatic carbocycles. The normalized spacial score (nSPS) is 10.5. The number of hydrogen-bond acceptors (Lipinski definition) is 5. The summed E-state index contributed by atoms with van der Waals surface area (Å²) < 4.78 is 0.992. The minimum atomic E-state index is -1.09. The summed E-state index contributed by atoms with van der Waals surface area (Å²) in [6.45, 7) is 0. The number of para-hydroxylation sites is 1. The molecule has 33 heavy (non-hydrogen) atoms. The van der Waals surface area contributed by atoms with E-state index in [1.807, 2.05) is 0 Å². The molecule has 0 saturated heterocycles. The lowest BCUT2D eigenvalue weighted by Crippen LogP contribution is -2.34. The van der Waals surface area contributed by atoms with Crippen LogP contribution in [0.3, 0.4) is 0 Å². The molecule has 9 nitrogen and oxygen atoms in total. The van der Waals surface area contributed by atoms with Crippen molar-refractivity contribution in [3.63, 3.8) is 0 Å². The molecule has 0 fully saturated rings. The van der Waals surface area contributed by atoms with Gasteiger partial charge >= 0.3 is 11.7 Å². The largest absolute Gasteiger partial charge is 0.478 e. The Bertz CT molecular complexity index is 1520. The number of hydrogen-bond donors (Lipinski definition) is 4. The topological polar surface area (TPSA) is 133 Å².